The zero-order valence-corrected chi connectivity index (χ0v) is 13.1. The molecule has 0 aromatic heterocycles. The molecule has 3 heteroatoms. The van der Waals surface area contributed by atoms with Gasteiger partial charge in [0.15, 0.2) is 5.78 Å². The summed E-state index contributed by atoms with van der Waals surface area (Å²) in [6, 6.07) is 13.3. The number of hydrogen-bond acceptors (Lipinski definition) is 2. The summed E-state index contributed by atoms with van der Waals surface area (Å²) in [5.74, 6) is 0.687. The first kappa shape index (κ1) is 14.2. The summed E-state index contributed by atoms with van der Waals surface area (Å²) in [5.41, 5.74) is 3.83. The van der Waals surface area contributed by atoms with Gasteiger partial charge in [0.1, 0.15) is 0 Å². The van der Waals surface area contributed by atoms with E-state index in [9.17, 15) is 9.59 Å². The number of carbonyl (C=O) groups excluding carboxylic acids is 2. The summed E-state index contributed by atoms with van der Waals surface area (Å²) in [7, 11) is 0. The van der Waals surface area contributed by atoms with Crippen molar-refractivity contribution in [1.82, 2.24) is 5.32 Å². The van der Waals surface area contributed by atoms with Crippen LogP contribution in [0.3, 0.4) is 0 Å². The van der Waals surface area contributed by atoms with Gasteiger partial charge in [0, 0.05) is 22.7 Å². The van der Waals surface area contributed by atoms with Gasteiger partial charge in [0.25, 0.3) is 5.91 Å². The van der Waals surface area contributed by atoms with Crippen molar-refractivity contribution in [2.75, 3.05) is 0 Å². The molecule has 0 heterocycles. The maximum absolute atomic E-state index is 12.5. The molecule has 0 saturated heterocycles. The Bertz CT molecular complexity index is 803. The van der Waals surface area contributed by atoms with Gasteiger partial charge >= 0.3 is 0 Å². The highest BCUT2D eigenvalue weighted by atomic mass is 16.1. The van der Waals surface area contributed by atoms with E-state index in [1.807, 2.05) is 36.4 Å². The van der Waals surface area contributed by atoms with E-state index in [4.69, 9.17) is 0 Å². The fraction of sp³-hybridized carbons (Fsp3) is 0.300. The third-order valence-corrected chi connectivity index (χ3v) is 5.14. The predicted octanol–water partition coefficient (Wildman–Crippen LogP) is 3.82. The highest BCUT2D eigenvalue weighted by Crippen LogP contribution is 2.37. The van der Waals surface area contributed by atoms with Crippen LogP contribution in [0, 0.1) is 5.92 Å². The minimum absolute atomic E-state index is 0.0138. The maximum Gasteiger partial charge on any atom is 0.251 e. The molecule has 0 radical (unpaired) electrons. The van der Waals surface area contributed by atoms with Gasteiger partial charge in [0.2, 0.25) is 0 Å². The summed E-state index contributed by atoms with van der Waals surface area (Å²) in [6.07, 6.45) is 3.31. The molecular formula is C20H19NO2. The van der Waals surface area contributed by atoms with Crippen molar-refractivity contribution >= 4 is 11.7 Å². The lowest BCUT2D eigenvalue weighted by atomic mass is 9.78. The van der Waals surface area contributed by atoms with Crippen LogP contribution >= 0.6 is 0 Å². The Labute approximate surface area is 135 Å². The van der Waals surface area contributed by atoms with Crippen molar-refractivity contribution in [1.29, 1.82) is 0 Å². The molecule has 2 aromatic rings. The number of rotatable bonds is 3. The van der Waals surface area contributed by atoms with Crippen LogP contribution in [0.4, 0.5) is 0 Å². The Morgan fingerprint density at radius 1 is 1.04 bits per heavy atom. The number of benzene rings is 2. The summed E-state index contributed by atoms with van der Waals surface area (Å²) >= 11 is 0. The van der Waals surface area contributed by atoms with E-state index >= 15 is 0 Å². The smallest absolute Gasteiger partial charge is 0.251 e. The summed E-state index contributed by atoms with van der Waals surface area (Å²) in [5, 5.41) is 3.07. The molecule has 1 saturated carbocycles. The molecule has 0 unspecified atom stereocenters. The molecule has 23 heavy (non-hydrogen) atoms. The highest BCUT2D eigenvalue weighted by Gasteiger charge is 2.30. The average Bonchev–Trinajstić information content (AvgIpc) is 2.83. The van der Waals surface area contributed by atoms with E-state index in [2.05, 4.69) is 12.2 Å². The first-order chi connectivity index (χ1) is 11.2. The second-order valence-electron chi connectivity index (χ2n) is 6.55. The molecule has 1 N–H and O–H groups in total. The second-order valence-corrected chi connectivity index (χ2v) is 6.55. The van der Waals surface area contributed by atoms with Crippen molar-refractivity contribution < 1.29 is 9.59 Å². The van der Waals surface area contributed by atoms with Gasteiger partial charge in [-0.05, 0) is 42.0 Å². The van der Waals surface area contributed by atoms with Crippen LogP contribution in [-0.4, -0.2) is 17.7 Å². The van der Waals surface area contributed by atoms with E-state index in [1.54, 1.807) is 6.07 Å². The molecule has 1 amide bonds. The van der Waals surface area contributed by atoms with Crippen molar-refractivity contribution in [2.24, 2.45) is 5.92 Å². The van der Waals surface area contributed by atoms with Crippen LogP contribution < -0.4 is 5.32 Å². The van der Waals surface area contributed by atoms with E-state index < -0.39 is 0 Å². The number of carbonyl (C=O) groups is 2. The lowest BCUT2D eigenvalue weighted by Crippen LogP contribution is -2.44. The molecule has 0 spiro atoms. The number of hydrogen-bond donors (Lipinski definition) is 1. The topological polar surface area (TPSA) is 46.2 Å². The van der Waals surface area contributed by atoms with E-state index in [0.717, 1.165) is 35.4 Å². The van der Waals surface area contributed by atoms with E-state index in [0.29, 0.717) is 11.1 Å². The largest absolute Gasteiger partial charge is 0.349 e. The van der Waals surface area contributed by atoms with Crippen LogP contribution in [0.25, 0.3) is 11.1 Å². The van der Waals surface area contributed by atoms with Gasteiger partial charge < -0.3 is 5.32 Å². The van der Waals surface area contributed by atoms with Crippen LogP contribution in [-0.2, 0) is 0 Å². The molecule has 0 bridgehead atoms. The van der Waals surface area contributed by atoms with Gasteiger partial charge in [0.05, 0.1) is 0 Å². The van der Waals surface area contributed by atoms with Gasteiger partial charge in [-0.1, -0.05) is 43.7 Å². The first-order valence-electron chi connectivity index (χ1n) is 8.26. The Hall–Kier alpha value is -2.42. The van der Waals surface area contributed by atoms with E-state index in [-0.39, 0.29) is 17.7 Å². The van der Waals surface area contributed by atoms with Crippen LogP contribution in [0.15, 0.2) is 42.5 Å². The van der Waals surface area contributed by atoms with Crippen LogP contribution in [0.1, 0.15) is 52.5 Å². The third-order valence-electron chi connectivity index (χ3n) is 5.14. The molecule has 2 aromatic carbocycles. The SMILES string of the molecule is CCC1CC(NC(=O)c2ccc3c(c2)C(=O)c2ccccc2-3)C1. The fourth-order valence-electron chi connectivity index (χ4n) is 3.62. The van der Waals surface area contributed by atoms with Crippen molar-refractivity contribution in [3.63, 3.8) is 0 Å². The monoisotopic (exact) mass is 305 g/mol. The predicted molar refractivity (Wildman–Crippen MR) is 89.6 cm³/mol. The number of ketones is 1. The van der Waals surface area contributed by atoms with Crippen molar-refractivity contribution in [3.8, 4) is 11.1 Å². The van der Waals surface area contributed by atoms with Crippen molar-refractivity contribution in [2.45, 2.75) is 32.2 Å². The minimum Gasteiger partial charge on any atom is -0.349 e. The highest BCUT2D eigenvalue weighted by molar-refractivity contribution is 6.22. The lowest BCUT2D eigenvalue weighted by Gasteiger charge is -2.35. The lowest BCUT2D eigenvalue weighted by molar-refractivity contribution is 0.0888. The zero-order valence-electron chi connectivity index (χ0n) is 13.1. The Kier molecular flexibility index (Phi) is 3.29. The number of nitrogens with one attached hydrogen (secondary N) is 1. The average molecular weight is 305 g/mol. The molecule has 1 fully saturated rings. The Morgan fingerprint density at radius 3 is 2.48 bits per heavy atom. The van der Waals surface area contributed by atoms with Crippen LogP contribution in [0.2, 0.25) is 0 Å². The molecule has 2 aliphatic carbocycles. The quantitative estimate of drug-likeness (QED) is 0.799. The summed E-state index contributed by atoms with van der Waals surface area (Å²) in [6.45, 7) is 2.19. The molecular weight excluding hydrogens is 286 g/mol. The maximum atomic E-state index is 12.5. The van der Waals surface area contributed by atoms with Gasteiger partial charge in [-0.3, -0.25) is 9.59 Å². The Morgan fingerprint density at radius 2 is 1.74 bits per heavy atom. The van der Waals surface area contributed by atoms with E-state index in [1.165, 1.54) is 6.42 Å². The molecule has 3 nitrogen and oxygen atoms in total. The number of amides is 1. The molecule has 116 valence electrons. The van der Waals surface area contributed by atoms with Gasteiger partial charge in [-0.25, -0.2) is 0 Å². The molecule has 4 rings (SSSR count). The molecule has 0 atom stereocenters. The first-order valence-corrected chi connectivity index (χ1v) is 8.26. The standard InChI is InChI=1S/C20H19NO2/c1-2-12-9-14(10-12)21-20(23)13-7-8-16-15-5-3-4-6-17(15)19(22)18(16)11-13/h3-8,11-12,14H,2,9-10H2,1H3,(H,21,23). The van der Waals surface area contributed by atoms with Crippen molar-refractivity contribution in [3.05, 3.63) is 59.2 Å². The second kappa shape index (κ2) is 5.34. The fourth-order valence-corrected chi connectivity index (χ4v) is 3.62. The van der Waals surface area contributed by atoms with Gasteiger partial charge in [-0.15, -0.1) is 0 Å². The minimum atomic E-state index is -0.0730. The van der Waals surface area contributed by atoms with Crippen LogP contribution in [0.5, 0.6) is 0 Å². The zero-order chi connectivity index (χ0) is 16.0. The molecule has 2 aliphatic rings. The Balaban J connectivity index is 1.57. The molecule has 0 aliphatic heterocycles. The summed E-state index contributed by atoms with van der Waals surface area (Å²) in [4.78, 5) is 24.9. The number of fused-ring (bicyclic) bond motifs is 3. The third kappa shape index (κ3) is 2.27. The van der Waals surface area contributed by atoms with Gasteiger partial charge in [-0.2, -0.15) is 0 Å². The normalized spacial score (nSPS) is 21.3. The summed E-state index contributed by atoms with van der Waals surface area (Å²) < 4.78 is 0.